The number of rotatable bonds is 14. The maximum atomic E-state index is 14.2. The Morgan fingerprint density at radius 3 is 2.15 bits per heavy atom. The van der Waals surface area contributed by atoms with Crippen molar-refractivity contribution < 1.29 is 38.1 Å². The van der Waals surface area contributed by atoms with Crippen molar-refractivity contribution in [2.45, 2.75) is 95.9 Å². The Hall–Kier alpha value is -5.54. The monoisotopic (exact) mass is 851 g/mol. The number of likely N-dealkylation sites (tertiary alicyclic amines) is 2. The number of H-pyrrole nitrogens is 1. The first-order valence-corrected chi connectivity index (χ1v) is 21.9. The van der Waals surface area contributed by atoms with Gasteiger partial charge in [0.05, 0.1) is 44.8 Å². The third kappa shape index (κ3) is 9.73. The number of ether oxygens (including phenoxy) is 4. The van der Waals surface area contributed by atoms with Crippen LogP contribution in [0.4, 0.5) is 9.59 Å². The van der Waals surface area contributed by atoms with Gasteiger partial charge in [0.15, 0.2) is 0 Å². The highest BCUT2D eigenvalue weighted by molar-refractivity contribution is 6.04. The summed E-state index contributed by atoms with van der Waals surface area (Å²) in [5.74, 6) is 0.526. The molecule has 7 atom stereocenters. The molecule has 5 heterocycles. The first-order chi connectivity index (χ1) is 30.0. The Morgan fingerprint density at radius 1 is 0.855 bits per heavy atom. The van der Waals surface area contributed by atoms with Gasteiger partial charge in [-0.3, -0.25) is 14.6 Å². The summed E-state index contributed by atoms with van der Waals surface area (Å²) in [5.41, 5.74) is 7.06. The Kier molecular flexibility index (Phi) is 14.4. The molecule has 15 nitrogen and oxygen atoms in total. The zero-order valence-corrected chi connectivity index (χ0v) is 36.7. The highest BCUT2D eigenvalue weighted by atomic mass is 16.5. The average Bonchev–Trinajstić information content (AvgIpc) is 4.14. The standard InChI is InChI=1S/C47H61N7O8/c1-7-28(2)41(51-46(57)60-5)44(55)53-26-30(27-59-4)22-40(53)37-23-36(24-48-37)33-11-9-31(10-12-33)32-13-15-34(16-14-32)38-25-49-43(50-38)39-17-8-29(3)54(39)45(56)42(52-47(58)61-6)35-18-20-62-21-19-35/h9-16,24-25,28-30,35,39-42H,7-8,17-23,26-27H2,1-6H3,(H,49,50)(H,51,57)(H,52,58)/t28-,29-,30-,39-,40-,41?,42-/m0/s1. The minimum atomic E-state index is -0.702. The molecule has 62 heavy (non-hydrogen) atoms. The van der Waals surface area contributed by atoms with Crippen molar-refractivity contribution in [2.75, 3.05) is 47.7 Å². The van der Waals surface area contributed by atoms with Gasteiger partial charge in [0.25, 0.3) is 0 Å². The lowest BCUT2D eigenvalue weighted by molar-refractivity contribution is -0.138. The number of amides is 4. The number of carbonyl (C=O) groups is 4. The van der Waals surface area contributed by atoms with Crippen molar-refractivity contribution in [1.29, 1.82) is 0 Å². The fourth-order valence-electron chi connectivity index (χ4n) is 9.49. The highest BCUT2D eigenvalue weighted by Crippen LogP contribution is 2.38. The van der Waals surface area contributed by atoms with E-state index in [1.165, 1.54) is 14.2 Å². The normalized spacial score (nSPS) is 23.0. The Morgan fingerprint density at radius 2 is 1.50 bits per heavy atom. The second kappa shape index (κ2) is 20.1. The Labute approximate surface area is 364 Å². The van der Waals surface area contributed by atoms with Gasteiger partial charge in [-0.05, 0) is 78.7 Å². The number of aromatic amines is 1. The summed E-state index contributed by atoms with van der Waals surface area (Å²) < 4.78 is 20.8. The molecule has 4 aliphatic heterocycles. The quantitative estimate of drug-likeness (QED) is 0.158. The van der Waals surface area contributed by atoms with Crippen LogP contribution in [0.25, 0.3) is 28.0 Å². The molecule has 1 unspecified atom stereocenters. The van der Waals surface area contributed by atoms with Crippen LogP contribution < -0.4 is 10.6 Å². The van der Waals surface area contributed by atoms with E-state index in [9.17, 15) is 19.2 Å². The van der Waals surface area contributed by atoms with Crippen LogP contribution in [0.2, 0.25) is 0 Å². The third-order valence-corrected chi connectivity index (χ3v) is 13.2. The fourth-order valence-corrected chi connectivity index (χ4v) is 9.49. The molecule has 7 rings (SSSR count). The fraction of sp³-hybridized carbons (Fsp3) is 0.532. The molecule has 332 valence electrons. The number of hydrogen-bond acceptors (Lipinski definition) is 10. The lowest BCUT2D eigenvalue weighted by Crippen LogP contribution is -2.54. The number of imidazole rings is 1. The SMILES string of the molecule is CC[C@H](C)C(NC(=O)OC)C(=O)N1C[C@@H](COC)C[C@H]1C1=NC=C(c2ccc(-c3ccc(-c4cnc([C@@H]5CC[C@H](C)N5C(=O)[C@@H](NC(=O)OC)C5CCOCC5)[nH]4)cc3)cc2)C1. The molecule has 3 fully saturated rings. The van der Waals surface area contributed by atoms with Gasteiger partial charge in [-0.15, -0.1) is 0 Å². The van der Waals surface area contributed by atoms with Crippen LogP contribution in [0.15, 0.2) is 65.9 Å². The van der Waals surface area contributed by atoms with Crippen molar-refractivity contribution in [3.8, 4) is 22.4 Å². The molecule has 0 radical (unpaired) electrons. The third-order valence-electron chi connectivity index (χ3n) is 13.2. The summed E-state index contributed by atoms with van der Waals surface area (Å²) in [6.07, 6.45) is 7.55. The average molecular weight is 852 g/mol. The molecule has 4 amide bonds. The lowest BCUT2D eigenvalue weighted by Gasteiger charge is -2.36. The first kappa shape index (κ1) is 44.5. The Balaban J connectivity index is 0.997. The molecule has 0 aliphatic carbocycles. The number of carbonyl (C=O) groups excluding carboxylic acids is 4. The molecule has 3 N–H and O–H groups in total. The predicted octanol–water partition coefficient (Wildman–Crippen LogP) is 6.77. The van der Waals surface area contributed by atoms with Crippen molar-refractivity contribution in [3.63, 3.8) is 0 Å². The lowest BCUT2D eigenvalue weighted by atomic mass is 9.90. The van der Waals surface area contributed by atoms with E-state index in [0.717, 1.165) is 70.7 Å². The number of nitrogens with one attached hydrogen (secondary N) is 3. The van der Waals surface area contributed by atoms with E-state index in [2.05, 4.69) is 64.1 Å². The van der Waals surface area contributed by atoms with Crippen LogP contribution in [0, 0.1) is 17.8 Å². The zero-order chi connectivity index (χ0) is 43.9. The maximum absolute atomic E-state index is 14.2. The van der Waals surface area contributed by atoms with Crippen LogP contribution in [0.3, 0.4) is 0 Å². The van der Waals surface area contributed by atoms with E-state index >= 15 is 0 Å². The number of alkyl carbamates (subject to hydrolysis) is 2. The van der Waals surface area contributed by atoms with Crippen LogP contribution in [0.5, 0.6) is 0 Å². The van der Waals surface area contributed by atoms with Gasteiger partial charge in [0, 0.05) is 57.2 Å². The molecule has 0 bridgehead atoms. The molecule has 3 aromatic rings. The van der Waals surface area contributed by atoms with E-state index in [4.69, 9.17) is 28.9 Å². The minimum Gasteiger partial charge on any atom is -0.453 e. The zero-order valence-electron chi connectivity index (χ0n) is 36.7. The maximum Gasteiger partial charge on any atom is 0.407 e. The second-order valence-corrected chi connectivity index (χ2v) is 17.1. The molecule has 1 aromatic heterocycles. The number of aliphatic imine (C=N–C) groups is 1. The number of hydrogen-bond donors (Lipinski definition) is 3. The molecule has 2 aromatic carbocycles. The topological polar surface area (TPSA) is 177 Å². The number of nitrogens with zero attached hydrogens (tertiary/aromatic N) is 4. The number of benzene rings is 2. The van der Waals surface area contributed by atoms with Gasteiger partial charge in [-0.1, -0.05) is 68.8 Å². The van der Waals surface area contributed by atoms with E-state index in [1.54, 1.807) is 7.11 Å². The van der Waals surface area contributed by atoms with E-state index in [-0.39, 0.29) is 47.7 Å². The van der Waals surface area contributed by atoms with Crippen molar-refractivity contribution in [1.82, 2.24) is 30.4 Å². The van der Waals surface area contributed by atoms with Crippen LogP contribution in [-0.4, -0.2) is 121 Å². The summed E-state index contributed by atoms with van der Waals surface area (Å²) in [5, 5.41) is 5.62. The summed E-state index contributed by atoms with van der Waals surface area (Å²) >= 11 is 0. The predicted molar refractivity (Wildman–Crippen MR) is 235 cm³/mol. The highest BCUT2D eigenvalue weighted by Gasteiger charge is 2.44. The molecular weight excluding hydrogens is 791 g/mol. The first-order valence-electron chi connectivity index (χ1n) is 21.9. The number of methoxy groups -OCH3 is 3. The summed E-state index contributed by atoms with van der Waals surface area (Å²) in [6, 6.07) is 14.9. The number of allylic oxidation sites excluding steroid dienone is 1. The molecule has 4 aliphatic rings. The van der Waals surface area contributed by atoms with Gasteiger partial charge in [-0.25, -0.2) is 14.6 Å². The van der Waals surface area contributed by atoms with Gasteiger partial charge < -0.3 is 44.4 Å². The van der Waals surface area contributed by atoms with Crippen LogP contribution >= 0.6 is 0 Å². The van der Waals surface area contributed by atoms with Crippen LogP contribution in [-0.2, 0) is 28.5 Å². The largest absolute Gasteiger partial charge is 0.453 e. The molecular formula is C47H61N7O8. The molecule has 0 saturated carbocycles. The minimum absolute atomic E-state index is 0.0131. The number of aromatic nitrogens is 2. The van der Waals surface area contributed by atoms with Gasteiger partial charge >= 0.3 is 12.2 Å². The van der Waals surface area contributed by atoms with Crippen molar-refractivity contribution in [3.05, 3.63) is 72.3 Å². The smallest absolute Gasteiger partial charge is 0.407 e. The van der Waals surface area contributed by atoms with Gasteiger partial charge in [0.1, 0.15) is 17.9 Å². The van der Waals surface area contributed by atoms with E-state index < -0.39 is 24.3 Å². The second-order valence-electron chi connectivity index (χ2n) is 17.1. The summed E-state index contributed by atoms with van der Waals surface area (Å²) in [7, 11) is 4.29. The van der Waals surface area contributed by atoms with Gasteiger partial charge in [-0.2, -0.15) is 0 Å². The summed E-state index contributed by atoms with van der Waals surface area (Å²) in [6.45, 7) is 8.19. The Bertz CT molecular complexity index is 2110. The summed E-state index contributed by atoms with van der Waals surface area (Å²) in [4.78, 5) is 69.7. The van der Waals surface area contributed by atoms with Crippen LogP contribution in [0.1, 0.15) is 83.1 Å². The molecule has 0 spiro atoms. The van der Waals surface area contributed by atoms with Crippen molar-refractivity contribution in [2.24, 2.45) is 22.7 Å². The molecule has 15 heteroatoms. The van der Waals surface area contributed by atoms with Crippen molar-refractivity contribution >= 4 is 35.3 Å². The van der Waals surface area contributed by atoms with E-state index in [1.807, 2.05) is 43.0 Å². The van der Waals surface area contributed by atoms with Gasteiger partial charge in [0.2, 0.25) is 11.8 Å². The van der Waals surface area contributed by atoms with E-state index in [0.29, 0.717) is 45.6 Å². The molecule has 3 saturated heterocycles.